The Balaban J connectivity index is 2.03. The number of hydrogen-bond acceptors (Lipinski definition) is 4. The lowest BCUT2D eigenvalue weighted by Gasteiger charge is -2.32. The normalized spacial score (nSPS) is 18.2. The third-order valence-corrected chi connectivity index (χ3v) is 3.69. The molecule has 0 unspecified atom stereocenters. The highest BCUT2D eigenvalue weighted by Crippen LogP contribution is 2.26. The van der Waals surface area contributed by atoms with Crippen molar-refractivity contribution in [3.05, 3.63) is 22.7 Å². The first-order valence-electron chi connectivity index (χ1n) is 7.12. The first-order valence-corrected chi connectivity index (χ1v) is 7.12. The Morgan fingerprint density at radius 3 is 2.84 bits per heavy atom. The quantitative estimate of drug-likeness (QED) is 0.879. The van der Waals surface area contributed by atoms with Gasteiger partial charge in [-0.25, -0.2) is 4.98 Å². The molecule has 19 heavy (non-hydrogen) atoms. The summed E-state index contributed by atoms with van der Waals surface area (Å²) in [6.07, 6.45) is 9.65. The van der Waals surface area contributed by atoms with E-state index in [4.69, 9.17) is 10.5 Å². The van der Waals surface area contributed by atoms with Crippen molar-refractivity contribution in [2.24, 2.45) is 5.73 Å². The van der Waals surface area contributed by atoms with Crippen molar-refractivity contribution >= 4 is 0 Å². The Bertz CT molecular complexity index is 464. The molecule has 1 aromatic heterocycles. The van der Waals surface area contributed by atoms with Crippen LogP contribution in [0.4, 0.5) is 0 Å². The summed E-state index contributed by atoms with van der Waals surface area (Å²) >= 11 is 0. The molecule has 0 spiro atoms. The molecule has 2 rings (SSSR count). The Morgan fingerprint density at radius 1 is 1.42 bits per heavy atom. The van der Waals surface area contributed by atoms with Gasteiger partial charge in [-0.15, -0.1) is 0 Å². The maximum absolute atomic E-state index is 12.1. The maximum atomic E-state index is 12.1. The summed E-state index contributed by atoms with van der Waals surface area (Å²) < 4.78 is 7.23. The second kappa shape index (κ2) is 6.19. The van der Waals surface area contributed by atoms with Crippen LogP contribution in [0.5, 0.6) is 5.88 Å². The van der Waals surface area contributed by atoms with Crippen LogP contribution in [0.2, 0.25) is 0 Å². The van der Waals surface area contributed by atoms with E-state index in [9.17, 15) is 4.79 Å². The fourth-order valence-electron chi connectivity index (χ4n) is 2.56. The van der Waals surface area contributed by atoms with Gasteiger partial charge >= 0.3 is 5.56 Å². The molecule has 1 aromatic rings. The van der Waals surface area contributed by atoms with Crippen molar-refractivity contribution in [3.8, 4) is 5.88 Å². The lowest BCUT2D eigenvalue weighted by atomic mass is 9.83. The molecule has 5 heteroatoms. The van der Waals surface area contributed by atoms with E-state index >= 15 is 0 Å². The van der Waals surface area contributed by atoms with Gasteiger partial charge < -0.3 is 15.0 Å². The van der Waals surface area contributed by atoms with Crippen LogP contribution in [0.3, 0.4) is 0 Å². The van der Waals surface area contributed by atoms with Crippen molar-refractivity contribution in [1.29, 1.82) is 0 Å². The van der Waals surface area contributed by atoms with Crippen LogP contribution in [-0.2, 0) is 6.54 Å². The predicted octanol–water partition coefficient (Wildman–Crippen LogP) is 1.69. The summed E-state index contributed by atoms with van der Waals surface area (Å²) in [5.74, 6) is 0.173. The SMILES string of the molecule is CCCn1ccnc(OCC2(N)CCCCC2)c1=O. The van der Waals surface area contributed by atoms with Crippen molar-refractivity contribution < 1.29 is 4.74 Å². The molecule has 0 atom stereocenters. The summed E-state index contributed by atoms with van der Waals surface area (Å²) in [7, 11) is 0. The predicted molar refractivity (Wildman–Crippen MR) is 74.3 cm³/mol. The highest BCUT2D eigenvalue weighted by atomic mass is 16.5. The van der Waals surface area contributed by atoms with Gasteiger partial charge in [-0.1, -0.05) is 26.2 Å². The van der Waals surface area contributed by atoms with Crippen molar-refractivity contribution in [1.82, 2.24) is 9.55 Å². The van der Waals surface area contributed by atoms with Crippen molar-refractivity contribution in [2.45, 2.75) is 57.5 Å². The van der Waals surface area contributed by atoms with E-state index in [-0.39, 0.29) is 17.0 Å². The van der Waals surface area contributed by atoms with Gasteiger partial charge in [0.2, 0.25) is 0 Å². The lowest BCUT2D eigenvalue weighted by Crippen LogP contribution is -2.47. The third kappa shape index (κ3) is 3.56. The van der Waals surface area contributed by atoms with E-state index in [1.165, 1.54) is 6.42 Å². The van der Waals surface area contributed by atoms with Gasteiger partial charge in [0.1, 0.15) is 6.61 Å². The van der Waals surface area contributed by atoms with Crippen LogP contribution in [0.25, 0.3) is 0 Å². The number of hydrogen-bond donors (Lipinski definition) is 1. The molecule has 0 amide bonds. The van der Waals surface area contributed by atoms with Crippen molar-refractivity contribution in [2.75, 3.05) is 6.61 Å². The highest BCUT2D eigenvalue weighted by molar-refractivity contribution is 5.05. The summed E-state index contributed by atoms with van der Waals surface area (Å²) in [6.45, 7) is 3.10. The number of ether oxygens (including phenoxy) is 1. The zero-order valence-corrected chi connectivity index (χ0v) is 11.6. The number of nitrogens with two attached hydrogens (primary N) is 1. The number of aromatic nitrogens is 2. The van der Waals surface area contributed by atoms with Gasteiger partial charge in [-0.05, 0) is 19.3 Å². The molecule has 0 radical (unpaired) electrons. The molecule has 0 bridgehead atoms. The van der Waals surface area contributed by atoms with Crippen LogP contribution in [0, 0.1) is 0 Å². The first-order chi connectivity index (χ1) is 9.14. The fraction of sp³-hybridized carbons (Fsp3) is 0.714. The van der Waals surface area contributed by atoms with Gasteiger partial charge in [0.05, 0.1) is 5.54 Å². The number of aryl methyl sites for hydroxylation is 1. The Hall–Kier alpha value is -1.36. The minimum Gasteiger partial charge on any atom is -0.472 e. The summed E-state index contributed by atoms with van der Waals surface area (Å²) in [4.78, 5) is 16.1. The van der Waals surface area contributed by atoms with E-state index in [1.807, 2.05) is 6.92 Å². The highest BCUT2D eigenvalue weighted by Gasteiger charge is 2.28. The second-order valence-corrected chi connectivity index (χ2v) is 5.44. The zero-order valence-electron chi connectivity index (χ0n) is 11.6. The molecule has 1 saturated carbocycles. The molecular weight excluding hydrogens is 242 g/mol. The first kappa shape index (κ1) is 14.1. The maximum Gasteiger partial charge on any atom is 0.313 e. The topological polar surface area (TPSA) is 70.1 Å². The minimum atomic E-state index is -0.294. The molecule has 1 aliphatic carbocycles. The van der Waals surface area contributed by atoms with E-state index in [0.29, 0.717) is 13.2 Å². The van der Waals surface area contributed by atoms with E-state index in [1.54, 1.807) is 17.0 Å². The minimum absolute atomic E-state index is 0.163. The van der Waals surface area contributed by atoms with Gasteiger partial charge in [0, 0.05) is 18.9 Å². The molecule has 0 aliphatic heterocycles. The van der Waals surface area contributed by atoms with Gasteiger partial charge in [-0.2, -0.15) is 0 Å². The Morgan fingerprint density at radius 2 is 2.16 bits per heavy atom. The number of rotatable bonds is 5. The van der Waals surface area contributed by atoms with Crippen molar-refractivity contribution in [3.63, 3.8) is 0 Å². The molecule has 1 fully saturated rings. The molecule has 1 heterocycles. The van der Waals surface area contributed by atoms with Gasteiger partial charge in [-0.3, -0.25) is 4.79 Å². The van der Waals surface area contributed by atoms with Gasteiger partial charge in [0.15, 0.2) is 0 Å². The van der Waals surface area contributed by atoms with Crippen LogP contribution >= 0.6 is 0 Å². The number of nitrogens with zero attached hydrogens (tertiary/aromatic N) is 2. The summed E-state index contributed by atoms with van der Waals surface area (Å²) in [5.41, 5.74) is 5.84. The van der Waals surface area contributed by atoms with Crippen LogP contribution < -0.4 is 16.0 Å². The molecule has 106 valence electrons. The summed E-state index contributed by atoms with van der Waals surface area (Å²) in [6, 6.07) is 0. The smallest absolute Gasteiger partial charge is 0.313 e. The van der Waals surface area contributed by atoms with Crippen LogP contribution in [-0.4, -0.2) is 21.7 Å². The molecule has 5 nitrogen and oxygen atoms in total. The lowest BCUT2D eigenvalue weighted by molar-refractivity contribution is 0.166. The second-order valence-electron chi connectivity index (χ2n) is 5.44. The van der Waals surface area contributed by atoms with Crippen LogP contribution in [0.15, 0.2) is 17.2 Å². The van der Waals surface area contributed by atoms with E-state index < -0.39 is 0 Å². The van der Waals surface area contributed by atoms with Gasteiger partial charge in [0.25, 0.3) is 5.88 Å². The average molecular weight is 265 g/mol. The largest absolute Gasteiger partial charge is 0.472 e. The molecule has 0 saturated heterocycles. The molecule has 2 N–H and O–H groups in total. The fourth-order valence-corrected chi connectivity index (χ4v) is 2.56. The van der Waals surface area contributed by atoms with E-state index in [2.05, 4.69) is 4.98 Å². The molecule has 1 aliphatic rings. The zero-order chi connectivity index (χ0) is 13.7. The molecule has 0 aromatic carbocycles. The Kier molecular flexibility index (Phi) is 4.58. The standard InChI is InChI=1S/C14H23N3O2/c1-2-9-17-10-8-16-12(13(17)18)19-11-14(15)6-4-3-5-7-14/h8,10H,2-7,9,11,15H2,1H3. The monoisotopic (exact) mass is 265 g/mol. The third-order valence-electron chi connectivity index (χ3n) is 3.69. The Labute approximate surface area is 113 Å². The van der Waals surface area contributed by atoms with E-state index in [0.717, 1.165) is 32.1 Å². The van der Waals surface area contributed by atoms with Crippen LogP contribution in [0.1, 0.15) is 45.4 Å². The average Bonchev–Trinajstić information content (AvgIpc) is 2.41. The summed E-state index contributed by atoms with van der Waals surface area (Å²) in [5, 5.41) is 0. The molecular formula is C14H23N3O2.